The first-order chi connectivity index (χ1) is 15.4. The van der Waals surface area contributed by atoms with Crippen LogP contribution < -0.4 is 10.6 Å². The number of nitrogens with one attached hydrogen (secondary N) is 2. The Balaban J connectivity index is 1.29. The molecular weight excluding hydrogens is 421 g/mol. The molecule has 4 rings (SSSR count). The van der Waals surface area contributed by atoms with Crippen molar-refractivity contribution in [3.05, 3.63) is 77.7 Å². The van der Waals surface area contributed by atoms with Crippen molar-refractivity contribution in [3.8, 4) is 5.69 Å². The SMILES string of the molecule is O=C(N[C@H]1CC[C@@H](C(=O)Nc2ccn(-c3ccccc3F)n2)CC1)c1ccc(F)c(F)c1. The van der Waals surface area contributed by atoms with Gasteiger partial charge in [0.2, 0.25) is 5.91 Å². The summed E-state index contributed by atoms with van der Waals surface area (Å²) < 4.78 is 41.6. The van der Waals surface area contributed by atoms with E-state index >= 15 is 0 Å². The molecule has 1 heterocycles. The lowest BCUT2D eigenvalue weighted by atomic mass is 9.85. The Bertz CT molecular complexity index is 1140. The monoisotopic (exact) mass is 442 g/mol. The van der Waals surface area contributed by atoms with Crippen molar-refractivity contribution in [1.29, 1.82) is 0 Å². The Hall–Kier alpha value is -3.62. The van der Waals surface area contributed by atoms with Crippen LogP contribution in [0.1, 0.15) is 36.0 Å². The van der Waals surface area contributed by atoms with Crippen LogP contribution >= 0.6 is 0 Å². The van der Waals surface area contributed by atoms with Crippen LogP contribution in [0.15, 0.2) is 54.7 Å². The van der Waals surface area contributed by atoms with Crippen LogP contribution in [0.25, 0.3) is 5.69 Å². The van der Waals surface area contributed by atoms with E-state index in [0.29, 0.717) is 31.5 Å². The van der Waals surface area contributed by atoms with Gasteiger partial charge in [0.05, 0.1) is 0 Å². The van der Waals surface area contributed by atoms with Crippen LogP contribution in [-0.2, 0) is 4.79 Å². The highest BCUT2D eigenvalue weighted by Gasteiger charge is 2.28. The van der Waals surface area contributed by atoms with Gasteiger partial charge in [-0.3, -0.25) is 9.59 Å². The predicted octanol–water partition coefficient (Wildman–Crippen LogP) is 4.22. The van der Waals surface area contributed by atoms with Crippen molar-refractivity contribution < 1.29 is 22.8 Å². The average molecular weight is 442 g/mol. The molecule has 1 aromatic heterocycles. The fraction of sp³-hybridized carbons (Fsp3) is 0.261. The molecule has 166 valence electrons. The Morgan fingerprint density at radius 2 is 1.66 bits per heavy atom. The molecule has 0 aliphatic heterocycles. The fourth-order valence-electron chi connectivity index (χ4n) is 3.80. The lowest BCUT2D eigenvalue weighted by Gasteiger charge is -2.28. The smallest absolute Gasteiger partial charge is 0.251 e. The maximum absolute atomic E-state index is 13.9. The summed E-state index contributed by atoms with van der Waals surface area (Å²) in [5.41, 5.74) is 0.333. The summed E-state index contributed by atoms with van der Waals surface area (Å²) in [7, 11) is 0. The second kappa shape index (κ2) is 9.25. The van der Waals surface area contributed by atoms with Crippen LogP contribution in [0, 0.1) is 23.4 Å². The third-order valence-electron chi connectivity index (χ3n) is 5.55. The topological polar surface area (TPSA) is 76.0 Å². The van der Waals surface area contributed by atoms with E-state index in [1.807, 2.05) is 0 Å². The molecule has 2 N–H and O–H groups in total. The summed E-state index contributed by atoms with van der Waals surface area (Å²) in [4.78, 5) is 24.9. The molecule has 1 aliphatic carbocycles. The predicted molar refractivity (Wildman–Crippen MR) is 112 cm³/mol. The Labute approximate surface area is 182 Å². The minimum Gasteiger partial charge on any atom is -0.349 e. The highest BCUT2D eigenvalue weighted by molar-refractivity contribution is 5.94. The van der Waals surface area contributed by atoms with Gasteiger partial charge in [-0.05, 0) is 56.0 Å². The molecule has 6 nitrogen and oxygen atoms in total. The lowest BCUT2D eigenvalue weighted by molar-refractivity contribution is -0.120. The highest BCUT2D eigenvalue weighted by Crippen LogP contribution is 2.26. The molecular formula is C23H21F3N4O2. The van der Waals surface area contributed by atoms with E-state index in [9.17, 15) is 22.8 Å². The molecule has 2 aromatic carbocycles. The molecule has 1 saturated carbocycles. The van der Waals surface area contributed by atoms with E-state index in [4.69, 9.17) is 0 Å². The summed E-state index contributed by atoms with van der Waals surface area (Å²) in [6.07, 6.45) is 3.85. The zero-order valence-corrected chi connectivity index (χ0v) is 17.0. The molecule has 9 heteroatoms. The number of carbonyl (C=O) groups is 2. The van der Waals surface area contributed by atoms with Gasteiger partial charge in [-0.15, -0.1) is 5.10 Å². The number of nitrogens with zero attached hydrogens (tertiary/aromatic N) is 2. The first kappa shape index (κ1) is 21.6. The molecule has 0 saturated heterocycles. The minimum atomic E-state index is -1.07. The zero-order chi connectivity index (χ0) is 22.7. The standard InChI is InChI=1S/C23H21F3N4O2/c24-17-10-7-15(13-19(17)26)23(32)27-16-8-5-14(6-9-16)22(31)28-21-11-12-30(29-21)20-4-2-1-3-18(20)25/h1-4,7,10-14,16H,5-6,8-9H2,(H,27,32)(H,28,29,31)/t14-,16+. The van der Waals surface area contributed by atoms with E-state index in [2.05, 4.69) is 15.7 Å². The van der Waals surface area contributed by atoms with Crippen molar-refractivity contribution in [2.24, 2.45) is 5.92 Å². The summed E-state index contributed by atoms with van der Waals surface area (Å²) in [5, 5.41) is 9.77. The number of benzene rings is 2. The Morgan fingerprint density at radius 1 is 0.906 bits per heavy atom. The van der Waals surface area contributed by atoms with Crippen molar-refractivity contribution in [3.63, 3.8) is 0 Å². The molecule has 32 heavy (non-hydrogen) atoms. The maximum Gasteiger partial charge on any atom is 0.251 e. The zero-order valence-electron chi connectivity index (χ0n) is 17.0. The summed E-state index contributed by atoms with van der Waals surface area (Å²) in [5.74, 6) is -3.08. The summed E-state index contributed by atoms with van der Waals surface area (Å²) in [6.45, 7) is 0. The van der Waals surface area contributed by atoms with Gasteiger partial charge in [-0.25, -0.2) is 17.9 Å². The van der Waals surface area contributed by atoms with Crippen LogP contribution in [0.4, 0.5) is 19.0 Å². The second-order valence-corrected chi connectivity index (χ2v) is 7.74. The van der Waals surface area contributed by atoms with E-state index in [1.165, 1.54) is 16.8 Å². The summed E-state index contributed by atoms with van der Waals surface area (Å²) in [6, 6.07) is 10.7. The Morgan fingerprint density at radius 3 is 2.38 bits per heavy atom. The lowest BCUT2D eigenvalue weighted by Crippen LogP contribution is -2.39. The third kappa shape index (κ3) is 4.82. The van der Waals surface area contributed by atoms with Gasteiger partial charge in [0.1, 0.15) is 11.5 Å². The van der Waals surface area contributed by atoms with Crippen LogP contribution in [-0.4, -0.2) is 27.6 Å². The second-order valence-electron chi connectivity index (χ2n) is 7.74. The molecule has 0 radical (unpaired) electrons. The minimum absolute atomic E-state index is 0.0502. The highest BCUT2D eigenvalue weighted by atomic mass is 19.2. The average Bonchev–Trinajstić information content (AvgIpc) is 3.24. The number of hydrogen-bond acceptors (Lipinski definition) is 3. The number of halogens is 3. The third-order valence-corrected chi connectivity index (χ3v) is 5.55. The van der Waals surface area contributed by atoms with Crippen molar-refractivity contribution in [2.45, 2.75) is 31.7 Å². The molecule has 0 spiro atoms. The van der Waals surface area contributed by atoms with Crippen LogP contribution in [0.5, 0.6) is 0 Å². The molecule has 3 aromatic rings. The number of rotatable bonds is 5. The van der Waals surface area contributed by atoms with Crippen molar-refractivity contribution in [1.82, 2.24) is 15.1 Å². The summed E-state index contributed by atoms with van der Waals surface area (Å²) >= 11 is 0. The van der Waals surface area contributed by atoms with Gasteiger partial charge in [0, 0.05) is 29.8 Å². The Kier molecular flexibility index (Phi) is 6.25. The first-order valence-corrected chi connectivity index (χ1v) is 10.3. The number of para-hydroxylation sites is 1. The van der Waals surface area contributed by atoms with Gasteiger partial charge in [-0.1, -0.05) is 12.1 Å². The van der Waals surface area contributed by atoms with E-state index in [0.717, 1.165) is 12.1 Å². The van der Waals surface area contributed by atoms with E-state index < -0.39 is 23.4 Å². The van der Waals surface area contributed by atoms with Crippen LogP contribution in [0.2, 0.25) is 0 Å². The number of hydrogen-bond donors (Lipinski definition) is 2. The fourth-order valence-corrected chi connectivity index (χ4v) is 3.80. The van der Waals surface area contributed by atoms with Gasteiger partial charge >= 0.3 is 0 Å². The van der Waals surface area contributed by atoms with Gasteiger partial charge in [0.15, 0.2) is 17.5 Å². The van der Waals surface area contributed by atoms with Gasteiger partial charge in [-0.2, -0.15) is 0 Å². The largest absolute Gasteiger partial charge is 0.349 e. The van der Waals surface area contributed by atoms with Gasteiger partial charge < -0.3 is 10.6 Å². The number of carbonyl (C=O) groups excluding carboxylic acids is 2. The molecule has 1 aliphatic rings. The molecule has 0 atom stereocenters. The van der Waals surface area contributed by atoms with Crippen LogP contribution in [0.3, 0.4) is 0 Å². The van der Waals surface area contributed by atoms with Crippen molar-refractivity contribution in [2.75, 3.05) is 5.32 Å². The van der Waals surface area contributed by atoms with Gasteiger partial charge in [0.25, 0.3) is 5.91 Å². The quantitative estimate of drug-likeness (QED) is 0.621. The maximum atomic E-state index is 13.9. The molecule has 1 fully saturated rings. The van der Waals surface area contributed by atoms with E-state index in [-0.39, 0.29) is 29.1 Å². The number of aromatic nitrogens is 2. The number of anilines is 1. The molecule has 0 bridgehead atoms. The normalized spacial score (nSPS) is 18.2. The molecule has 0 unspecified atom stereocenters. The van der Waals surface area contributed by atoms with E-state index in [1.54, 1.807) is 30.5 Å². The first-order valence-electron chi connectivity index (χ1n) is 10.3. The number of amides is 2. The van der Waals surface area contributed by atoms with Crippen molar-refractivity contribution >= 4 is 17.6 Å². The molecule has 2 amide bonds.